The van der Waals surface area contributed by atoms with Crippen LogP contribution >= 0.6 is 0 Å². The number of nitriles is 1. The Morgan fingerprint density at radius 2 is 2.38 bits per heavy atom. The highest BCUT2D eigenvalue weighted by Crippen LogP contribution is 2.18. The molecule has 2 atom stereocenters. The maximum Gasteiger partial charge on any atom is 0.133 e. The van der Waals surface area contributed by atoms with E-state index in [9.17, 15) is 4.39 Å². The second-order valence-corrected chi connectivity index (χ2v) is 3.93. The summed E-state index contributed by atoms with van der Waals surface area (Å²) in [6, 6.07) is 5.05. The molecule has 1 aliphatic heterocycles. The summed E-state index contributed by atoms with van der Waals surface area (Å²) in [5, 5.41) is 8.64. The van der Waals surface area contributed by atoms with Gasteiger partial charge in [0.2, 0.25) is 0 Å². The fraction of sp³-hybridized carbons (Fsp3) is 0.455. The monoisotopic (exact) mass is 220 g/mol. The summed E-state index contributed by atoms with van der Waals surface area (Å²) in [6.07, 6.45) is 1.12. The molecule has 0 amide bonds. The number of anilines is 1. The van der Waals surface area contributed by atoms with Gasteiger partial charge in [-0.3, -0.25) is 0 Å². The van der Waals surface area contributed by atoms with Gasteiger partial charge in [0, 0.05) is 18.8 Å². The van der Waals surface area contributed by atoms with Crippen molar-refractivity contribution in [3.05, 3.63) is 23.9 Å². The minimum absolute atomic E-state index is 0.278. The lowest BCUT2D eigenvalue weighted by atomic mass is 10.0. The first kappa shape index (κ1) is 10.8. The van der Waals surface area contributed by atoms with E-state index >= 15 is 0 Å². The van der Waals surface area contributed by atoms with Gasteiger partial charge in [-0.05, 0) is 18.6 Å². The molecule has 0 radical (unpaired) electrons. The Morgan fingerprint density at radius 3 is 2.94 bits per heavy atom. The summed E-state index contributed by atoms with van der Waals surface area (Å²) in [5.74, 6) is 0.702. The normalized spacial score (nSPS) is 25.2. The van der Waals surface area contributed by atoms with Crippen LogP contribution in [0.4, 0.5) is 10.2 Å². The Balaban J connectivity index is 2.10. The van der Waals surface area contributed by atoms with Crippen molar-refractivity contribution in [1.29, 1.82) is 5.26 Å². The maximum atomic E-state index is 13.4. The summed E-state index contributed by atoms with van der Waals surface area (Å²) >= 11 is 0. The average Bonchev–Trinajstić information content (AvgIpc) is 2.33. The molecule has 0 aliphatic carbocycles. The van der Waals surface area contributed by atoms with Crippen LogP contribution in [0.1, 0.15) is 12.0 Å². The molecule has 5 heteroatoms. The largest absolute Gasteiger partial charge is 0.354 e. The molecule has 0 saturated carbocycles. The summed E-state index contributed by atoms with van der Waals surface area (Å²) in [4.78, 5) is 5.98. The second kappa shape index (κ2) is 4.45. The number of hydrogen-bond donors (Lipinski definition) is 1. The standard InChI is InChI=1S/C11H13FN4/c12-9-7-16(4-3-10(9)14)11-2-1-8(5-13)6-15-11/h1-2,6,9-10H,3-4,7,14H2/t9-,10+/m1/s1. The van der Waals surface area contributed by atoms with E-state index in [1.54, 1.807) is 12.1 Å². The number of alkyl halides is 1. The lowest BCUT2D eigenvalue weighted by molar-refractivity contribution is 0.251. The van der Waals surface area contributed by atoms with Crippen LogP contribution in [0, 0.1) is 11.3 Å². The number of rotatable bonds is 1. The number of hydrogen-bond acceptors (Lipinski definition) is 4. The minimum Gasteiger partial charge on any atom is -0.354 e. The van der Waals surface area contributed by atoms with Crippen molar-refractivity contribution >= 4 is 5.82 Å². The molecule has 84 valence electrons. The van der Waals surface area contributed by atoms with E-state index < -0.39 is 6.17 Å². The SMILES string of the molecule is N#Cc1ccc(N2CC[C@H](N)[C@H](F)C2)nc1. The Labute approximate surface area is 93.5 Å². The van der Waals surface area contributed by atoms with Crippen LogP contribution in [0.3, 0.4) is 0 Å². The van der Waals surface area contributed by atoms with Crippen LogP contribution in [0.5, 0.6) is 0 Å². The van der Waals surface area contributed by atoms with Crippen molar-refractivity contribution in [3.8, 4) is 6.07 Å². The van der Waals surface area contributed by atoms with Crippen LogP contribution in [0.15, 0.2) is 18.3 Å². The Bertz CT molecular complexity index is 397. The number of nitrogens with two attached hydrogens (primary N) is 1. The van der Waals surface area contributed by atoms with Crippen LogP contribution in [0.25, 0.3) is 0 Å². The van der Waals surface area contributed by atoms with Crippen molar-refractivity contribution in [1.82, 2.24) is 4.98 Å². The molecule has 0 aromatic carbocycles. The van der Waals surface area contributed by atoms with Crippen LogP contribution in [0.2, 0.25) is 0 Å². The van der Waals surface area contributed by atoms with Gasteiger partial charge in [0.05, 0.1) is 12.1 Å². The molecule has 0 spiro atoms. The van der Waals surface area contributed by atoms with E-state index in [-0.39, 0.29) is 12.6 Å². The Morgan fingerprint density at radius 1 is 1.56 bits per heavy atom. The second-order valence-electron chi connectivity index (χ2n) is 3.93. The molecule has 2 rings (SSSR count). The van der Waals surface area contributed by atoms with E-state index in [0.717, 1.165) is 0 Å². The Hall–Kier alpha value is -1.67. The molecule has 0 unspecified atom stereocenters. The predicted octanol–water partition coefficient (Wildman–Crippen LogP) is 0.829. The molecular formula is C11H13FN4. The Kier molecular flexibility index (Phi) is 3.02. The van der Waals surface area contributed by atoms with Crippen LogP contribution in [-0.2, 0) is 0 Å². The van der Waals surface area contributed by atoms with Gasteiger partial charge in [0.25, 0.3) is 0 Å². The average molecular weight is 220 g/mol. The van der Waals surface area contributed by atoms with Gasteiger partial charge in [-0.2, -0.15) is 5.26 Å². The van der Waals surface area contributed by atoms with E-state index in [0.29, 0.717) is 24.3 Å². The summed E-state index contributed by atoms with van der Waals surface area (Å²) in [6.45, 7) is 0.987. The van der Waals surface area contributed by atoms with Gasteiger partial charge in [-0.1, -0.05) is 0 Å². The third kappa shape index (κ3) is 2.12. The zero-order valence-corrected chi connectivity index (χ0v) is 8.81. The van der Waals surface area contributed by atoms with Crippen LogP contribution in [-0.4, -0.2) is 30.3 Å². The molecule has 1 saturated heterocycles. The molecular weight excluding hydrogens is 207 g/mol. The number of pyridine rings is 1. The molecule has 1 fully saturated rings. The smallest absolute Gasteiger partial charge is 0.133 e. The third-order valence-corrected chi connectivity index (χ3v) is 2.79. The fourth-order valence-electron chi connectivity index (χ4n) is 1.77. The summed E-state index contributed by atoms with van der Waals surface area (Å²) in [5.41, 5.74) is 6.11. The summed E-state index contributed by atoms with van der Waals surface area (Å²) in [7, 11) is 0. The lowest BCUT2D eigenvalue weighted by Gasteiger charge is -2.33. The molecule has 1 aliphatic rings. The van der Waals surface area contributed by atoms with Gasteiger partial charge in [0.15, 0.2) is 0 Å². The first-order valence-electron chi connectivity index (χ1n) is 5.21. The number of halogens is 1. The van der Waals surface area contributed by atoms with Crippen molar-refractivity contribution < 1.29 is 4.39 Å². The quantitative estimate of drug-likeness (QED) is 0.761. The highest BCUT2D eigenvalue weighted by atomic mass is 19.1. The highest BCUT2D eigenvalue weighted by molar-refractivity contribution is 5.42. The summed E-state index contributed by atoms with van der Waals surface area (Å²) < 4.78 is 13.4. The number of piperidine rings is 1. The number of nitrogens with zero attached hydrogens (tertiary/aromatic N) is 3. The molecule has 1 aromatic rings. The minimum atomic E-state index is -1.01. The molecule has 2 heterocycles. The first-order valence-corrected chi connectivity index (χ1v) is 5.21. The van der Waals surface area contributed by atoms with E-state index in [4.69, 9.17) is 11.0 Å². The number of aromatic nitrogens is 1. The molecule has 16 heavy (non-hydrogen) atoms. The van der Waals surface area contributed by atoms with Crippen molar-refractivity contribution in [2.75, 3.05) is 18.0 Å². The van der Waals surface area contributed by atoms with Gasteiger partial charge >= 0.3 is 0 Å². The molecule has 0 bridgehead atoms. The van der Waals surface area contributed by atoms with Gasteiger partial charge in [-0.15, -0.1) is 0 Å². The highest BCUT2D eigenvalue weighted by Gasteiger charge is 2.26. The van der Waals surface area contributed by atoms with E-state index in [1.165, 1.54) is 6.20 Å². The fourth-order valence-corrected chi connectivity index (χ4v) is 1.77. The molecule has 2 N–H and O–H groups in total. The van der Waals surface area contributed by atoms with Gasteiger partial charge in [-0.25, -0.2) is 9.37 Å². The van der Waals surface area contributed by atoms with Crippen LogP contribution < -0.4 is 10.6 Å². The predicted molar refractivity (Wildman–Crippen MR) is 58.7 cm³/mol. The van der Waals surface area contributed by atoms with Crippen molar-refractivity contribution in [3.63, 3.8) is 0 Å². The molecule has 4 nitrogen and oxygen atoms in total. The van der Waals surface area contributed by atoms with E-state index in [1.807, 2.05) is 11.0 Å². The maximum absolute atomic E-state index is 13.4. The topological polar surface area (TPSA) is 65.9 Å². The lowest BCUT2D eigenvalue weighted by Crippen LogP contribution is -2.48. The van der Waals surface area contributed by atoms with Crippen molar-refractivity contribution in [2.24, 2.45) is 5.73 Å². The van der Waals surface area contributed by atoms with E-state index in [2.05, 4.69) is 4.98 Å². The van der Waals surface area contributed by atoms with Gasteiger partial charge in [0.1, 0.15) is 18.1 Å². The first-order chi connectivity index (χ1) is 7.70. The third-order valence-electron chi connectivity index (χ3n) is 2.79. The molecule has 1 aromatic heterocycles. The zero-order chi connectivity index (χ0) is 11.5. The van der Waals surface area contributed by atoms with Crippen molar-refractivity contribution in [2.45, 2.75) is 18.6 Å². The zero-order valence-electron chi connectivity index (χ0n) is 8.81. The van der Waals surface area contributed by atoms with Gasteiger partial charge < -0.3 is 10.6 Å².